The van der Waals surface area contributed by atoms with E-state index in [1.807, 2.05) is 30.0 Å². The predicted molar refractivity (Wildman–Crippen MR) is 89.1 cm³/mol. The van der Waals surface area contributed by atoms with Gasteiger partial charge in [-0.2, -0.15) is 11.8 Å². The van der Waals surface area contributed by atoms with Crippen LogP contribution < -0.4 is 9.47 Å². The maximum atomic E-state index is 11.4. The van der Waals surface area contributed by atoms with Gasteiger partial charge in [0.1, 0.15) is 6.10 Å². The number of hydrogen-bond donors (Lipinski definition) is 1. The Balaban J connectivity index is 2.21. The molecule has 0 atom stereocenters. The molecule has 0 aliphatic carbocycles. The number of methoxy groups -OCH3 is 1. The van der Waals surface area contributed by atoms with Crippen LogP contribution in [0.1, 0.15) is 32.3 Å². The van der Waals surface area contributed by atoms with Crippen LogP contribution in [0, 0.1) is 5.41 Å². The van der Waals surface area contributed by atoms with Gasteiger partial charge >= 0.3 is 5.97 Å². The molecule has 0 aromatic heterocycles. The Kier molecular flexibility index (Phi) is 5.62. The van der Waals surface area contributed by atoms with Gasteiger partial charge in [-0.1, -0.05) is 12.1 Å². The van der Waals surface area contributed by atoms with E-state index < -0.39 is 11.4 Å². The largest absolute Gasteiger partial charge is 0.493 e. The summed E-state index contributed by atoms with van der Waals surface area (Å²) in [5.41, 5.74) is 0.0329. The fourth-order valence-electron chi connectivity index (χ4n) is 2.55. The van der Waals surface area contributed by atoms with Crippen LogP contribution in [-0.2, 0) is 11.2 Å². The number of ether oxygens (including phenoxy) is 2. The van der Waals surface area contributed by atoms with E-state index in [0.717, 1.165) is 35.7 Å². The molecule has 0 amide bonds. The molecule has 1 aromatic carbocycles. The molecule has 0 spiro atoms. The molecule has 0 saturated carbocycles. The summed E-state index contributed by atoms with van der Waals surface area (Å²) in [6.07, 6.45) is 2.71. The maximum Gasteiger partial charge on any atom is 0.309 e. The quantitative estimate of drug-likeness (QED) is 0.866. The molecule has 4 nitrogen and oxygen atoms in total. The van der Waals surface area contributed by atoms with Gasteiger partial charge in [0.25, 0.3) is 0 Å². The molecular formula is C17H24O4S. The Hall–Kier alpha value is -1.36. The predicted octanol–water partition coefficient (Wildman–Crippen LogP) is 3.62. The normalized spacial score (nSPS) is 16.3. The van der Waals surface area contributed by atoms with Crippen molar-refractivity contribution in [2.75, 3.05) is 18.6 Å². The molecule has 1 N–H and O–H groups in total. The second-order valence-electron chi connectivity index (χ2n) is 6.24. The van der Waals surface area contributed by atoms with Crippen LogP contribution in [0.5, 0.6) is 11.5 Å². The lowest BCUT2D eigenvalue weighted by Crippen LogP contribution is -2.26. The molecule has 2 rings (SSSR count). The van der Waals surface area contributed by atoms with E-state index in [-0.39, 0.29) is 6.10 Å². The fourth-order valence-corrected chi connectivity index (χ4v) is 3.61. The molecular weight excluding hydrogens is 300 g/mol. The number of thioether (sulfide) groups is 1. The minimum absolute atomic E-state index is 0.220. The molecule has 1 heterocycles. The number of hydrogen-bond acceptors (Lipinski definition) is 4. The van der Waals surface area contributed by atoms with E-state index in [4.69, 9.17) is 9.47 Å². The summed E-state index contributed by atoms with van der Waals surface area (Å²) in [6, 6.07) is 5.72. The van der Waals surface area contributed by atoms with Crippen molar-refractivity contribution in [2.24, 2.45) is 5.41 Å². The number of rotatable bonds is 6. The van der Waals surface area contributed by atoms with Crippen molar-refractivity contribution in [3.63, 3.8) is 0 Å². The van der Waals surface area contributed by atoms with Gasteiger partial charge in [-0.3, -0.25) is 4.79 Å². The fraction of sp³-hybridized carbons (Fsp3) is 0.588. The molecule has 1 saturated heterocycles. The average Bonchev–Trinajstić information content (AvgIpc) is 2.48. The molecule has 0 bridgehead atoms. The zero-order chi connectivity index (χ0) is 16.2. The van der Waals surface area contributed by atoms with Crippen LogP contribution in [0.15, 0.2) is 18.2 Å². The molecule has 1 aromatic rings. The summed E-state index contributed by atoms with van der Waals surface area (Å²) >= 11 is 1.96. The van der Waals surface area contributed by atoms with Crippen molar-refractivity contribution in [2.45, 2.75) is 39.2 Å². The second kappa shape index (κ2) is 7.27. The summed E-state index contributed by atoms with van der Waals surface area (Å²) in [5.74, 6) is 2.82. The highest BCUT2D eigenvalue weighted by molar-refractivity contribution is 7.99. The lowest BCUT2D eigenvalue weighted by atomic mass is 9.85. The van der Waals surface area contributed by atoms with E-state index in [1.54, 1.807) is 21.0 Å². The van der Waals surface area contributed by atoms with Crippen LogP contribution in [-0.4, -0.2) is 35.8 Å². The Morgan fingerprint density at radius 3 is 2.64 bits per heavy atom. The first-order valence-electron chi connectivity index (χ1n) is 7.57. The van der Waals surface area contributed by atoms with Crippen LogP contribution in [0.2, 0.25) is 0 Å². The smallest absolute Gasteiger partial charge is 0.309 e. The summed E-state index contributed by atoms with van der Waals surface area (Å²) in [7, 11) is 1.61. The van der Waals surface area contributed by atoms with Gasteiger partial charge in [0.05, 0.1) is 12.5 Å². The van der Waals surface area contributed by atoms with Gasteiger partial charge in [0, 0.05) is 0 Å². The van der Waals surface area contributed by atoms with Crippen molar-refractivity contribution in [3.05, 3.63) is 23.8 Å². The highest BCUT2D eigenvalue weighted by atomic mass is 32.2. The standard InChI is InChI=1S/C17H24O4S/c1-17(2,16(18)19)11-12-5-4-6-14(15(12)20-3)21-13-7-9-22-10-8-13/h4-6,13H,7-11H2,1-3H3,(H,18,19). The van der Waals surface area contributed by atoms with Gasteiger partial charge in [-0.05, 0) is 56.2 Å². The monoisotopic (exact) mass is 324 g/mol. The van der Waals surface area contributed by atoms with Crippen LogP contribution >= 0.6 is 11.8 Å². The Morgan fingerprint density at radius 1 is 1.36 bits per heavy atom. The summed E-state index contributed by atoms with van der Waals surface area (Å²) < 4.78 is 11.6. The number of para-hydroxylation sites is 1. The van der Waals surface area contributed by atoms with E-state index in [9.17, 15) is 9.90 Å². The van der Waals surface area contributed by atoms with Crippen molar-refractivity contribution >= 4 is 17.7 Å². The molecule has 1 fully saturated rings. The molecule has 0 radical (unpaired) electrons. The molecule has 1 aliphatic heterocycles. The summed E-state index contributed by atoms with van der Waals surface area (Å²) in [5, 5.41) is 9.32. The average molecular weight is 324 g/mol. The van der Waals surface area contributed by atoms with Crippen LogP contribution in [0.3, 0.4) is 0 Å². The number of carbonyl (C=O) groups is 1. The van der Waals surface area contributed by atoms with Crippen molar-refractivity contribution < 1.29 is 19.4 Å². The van der Waals surface area contributed by atoms with E-state index in [1.165, 1.54) is 0 Å². The lowest BCUT2D eigenvalue weighted by molar-refractivity contribution is -0.146. The van der Waals surface area contributed by atoms with Gasteiger partial charge in [0.15, 0.2) is 11.5 Å². The highest BCUT2D eigenvalue weighted by Gasteiger charge is 2.29. The van der Waals surface area contributed by atoms with Gasteiger partial charge in [-0.15, -0.1) is 0 Å². The minimum Gasteiger partial charge on any atom is -0.493 e. The third-order valence-electron chi connectivity index (χ3n) is 3.94. The SMILES string of the molecule is COc1c(CC(C)(C)C(=O)O)cccc1OC1CCSCC1. The molecule has 0 unspecified atom stereocenters. The number of benzene rings is 1. The summed E-state index contributed by atoms with van der Waals surface area (Å²) in [4.78, 5) is 11.4. The number of aliphatic carboxylic acids is 1. The Bertz CT molecular complexity index is 521. The highest BCUT2D eigenvalue weighted by Crippen LogP contribution is 2.37. The van der Waals surface area contributed by atoms with Crippen molar-refractivity contribution in [3.8, 4) is 11.5 Å². The van der Waals surface area contributed by atoms with Gasteiger partial charge in [0.2, 0.25) is 0 Å². The van der Waals surface area contributed by atoms with Gasteiger partial charge < -0.3 is 14.6 Å². The molecule has 5 heteroatoms. The second-order valence-corrected chi connectivity index (χ2v) is 7.47. The molecule has 122 valence electrons. The molecule has 22 heavy (non-hydrogen) atoms. The van der Waals surface area contributed by atoms with Crippen LogP contribution in [0.25, 0.3) is 0 Å². The van der Waals surface area contributed by atoms with Crippen molar-refractivity contribution in [1.29, 1.82) is 0 Å². The van der Waals surface area contributed by atoms with Gasteiger partial charge in [-0.25, -0.2) is 0 Å². The maximum absolute atomic E-state index is 11.4. The lowest BCUT2D eigenvalue weighted by Gasteiger charge is -2.25. The Labute approximate surface area is 136 Å². The number of carboxylic acid groups (broad SMARTS) is 1. The third-order valence-corrected chi connectivity index (χ3v) is 4.99. The first-order chi connectivity index (χ1) is 10.4. The van der Waals surface area contributed by atoms with E-state index >= 15 is 0 Å². The summed E-state index contributed by atoms with van der Waals surface area (Å²) in [6.45, 7) is 3.45. The number of carboxylic acids is 1. The Morgan fingerprint density at radius 2 is 2.05 bits per heavy atom. The first kappa shape index (κ1) is 17.0. The van der Waals surface area contributed by atoms with Crippen LogP contribution in [0.4, 0.5) is 0 Å². The first-order valence-corrected chi connectivity index (χ1v) is 8.73. The van der Waals surface area contributed by atoms with Crippen molar-refractivity contribution in [1.82, 2.24) is 0 Å². The van der Waals surface area contributed by atoms with E-state index in [2.05, 4.69) is 0 Å². The van der Waals surface area contributed by atoms with E-state index in [0.29, 0.717) is 12.2 Å². The zero-order valence-electron chi connectivity index (χ0n) is 13.4. The third kappa shape index (κ3) is 4.09. The topological polar surface area (TPSA) is 55.8 Å². The zero-order valence-corrected chi connectivity index (χ0v) is 14.2. The minimum atomic E-state index is -0.840. The molecule has 1 aliphatic rings.